The minimum absolute atomic E-state index is 0.0724. The van der Waals surface area contributed by atoms with E-state index < -0.39 is 0 Å². The third-order valence-corrected chi connectivity index (χ3v) is 3.94. The molecule has 1 saturated heterocycles. The lowest BCUT2D eigenvalue weighted by Crippen LogP contribution is -2.36. The van der Waals surface area contributed by atoms with Crippen molar-refractivity contribution in [3.63, 3.8) is 0 Å². The van der Waals surface area contributed by atoms with Gasteiger partial charge in [0.2, 0.25) is 5.91 Å². The molecule has 0 radical (unpaired) electrons. The fourth-order valence-electron chi connectivity index (χ4n) is 2.50. The zero-order valence-electron chi connectivity index (χ0n) is 11.8. The number of likely N-dealkylation sites (tertiary alicyclic amines) is 1. The first-order valence-corrected chi connectivity index (χ1v) is 7.22. The molecule has 1 N–H and O–H groups in total. The van der Waals surface area contributed by atoms with Crippen molar-refractivity contribution in [1.29, 1.82) is 0 Å². The maximum atomic E-state index is 12.4. The molecule has 4 nitrogen and oxygen atoms in total. The molecule has 0 aromatic heterocycles. The van der Waals surface area contributed by atoms with E-state index in [0.29, 0.717) is 16.3 Å². The van der Waals surface area contributed by atoms with E-state index in [2.05, 4.69) is 10.2 Å². The first-order valence-electron chi connectivity index (χ1n) is 6.84. The number of amides is 1. The van der Waals surface area contributed by atoms with Crippen LogP contribution in [-0.4, -0.2) is 35.7 Å². The van der Waals surface area contributed by atoms with Crippen LogP contribution in [0.25, 0.3) is 0 Å². The third-order valence-electron chi connectivity index (χ3n) is 3.63. The first-order chi connectivity index (χ1) is 9.49. The molecule has 1 atom stereocenters. The van der Waals surface area contributed by atoms with E-state index in [0.717, 1.165) is 25.9 Å². The molecular weight excluding hydrogens is 276 g/mol. The van der Waals surface area contributed by atoms with Crippen LogP contribution in [-0.2, 0) is 4.79 Å². The minimum atomic E-state index is -0.184. The quantitative estimate of drug-likeness (QED) is 0.869. The second-order valence-corrected chi connectivity index (χ2v) is 5.57. The summed E-state index contributed by atoms with van der Waals surface area (Å²) in [4.78, 5) is 25.6. The molecule has 1 aliphatic rings. The zero-order chi connectivity index (χ0) is 14.7. The van der Waals surface area contributed by atoms with Crippen molar-refractivity contribution < 1.29 is 9.59 Å². The number of benzene rings is 1. The SMILES string of the molecule is CC(=O)Nc1ccc(C(=O)C(C)N2CCCC2)cc1Cl. The Bertz CT molecular complexity index is 525. The van der Waals surface area contributed by atoms with Gasteiger partial charge in [-0.25, -0.2) is 0 Å². The Labute approximate surface area is 124 Å². The van der Waals surface area contributed by atoms with E-state index in [1.165, 1.54) is 6.92 Å². The van der Waals surface area contributed by atoms with E-state index in [-0.39, 0.29) is 17.7 Å². The monoisotopic (exact) mass is 294 g/mol. The van der Waals surface area contributed by atoms with Crippen molar-refractivity contribution in [3.05, 3.63) is 28.8 Å². The number of ketones is 1. The number of hydrogen-bond donors (Lipinski definition) is 1. The summed E-state index contributed by atoms with van der Waals surface area (Å²) in [5, 5.41) is 3.02. The van der Waals surface area contributed by atoms with Gasteiger partial charge in [-0.1, -0.05) is 11.6 Å². The number of halogens is 1. The highest BCUT2D eigenvalue weighted by Crippen LogP contribution is 2.24. The number of hydrogen-bond acceptors (Lipinski definition) is 3. The molecule has 0 spiro atoms. The second kappa shape index (κ2) is 6.37. The maximum absolute atomic E-state index is 12.4. The largest absolute Gasteiger partial charge is 0.325 e. The molecule has 20 heavy (non-hydrogen) atoms. The van der Waals surface area contributed by atoms with Gasteiger partial charge >= 0.3 is 0 Å². The van der Waals surface area contributed by atoms with Gasteiger partial charge in [0.15, 0.2) is 5.78 Å². The molecule has 2 rings (SSSR count). The summed E-state index contributed by atoms with van der Waals surface area (Å²) >= 11 is 6.10. The van der Waals surface area contributed by atoms with Gasteiger partial charge in [-0.15, -0.1) is 0 Å². The van der Waals surface area contributed by atoms with Gasteiger partial charge in [0.25, 0.3) is 0 Å². The number of anilines is 1. The Morgan fingerprint density at radius 3 is 2.50 bits per heavy atom. The van der Waals surface area contributed by atoms with Crippen LogP contribution in [0.4, 0.5) is 5.69 Å². The molecule has 1 aromatic rings. The van der Waals surface area contributed by atoms with Gasteiger partial charge < -0.3 is 5.32 Å². The molecule has 1 aromatic carbocycles. The van der Waals surface area contributed by atoms with Crippen molar-refractivity contribution in [2.45, 2.75) is 32.7 Å². The van der Waals surface area contributed by atoms with E-state index in [1.54, 1.807) is 18.2 Å². The Kier molecular flexibility index (Phi) is 4.78. The van der Waals surface area contributed by atoms with Crippen molar-refractivity contribution in [1.82, 2.24) is 4.90 Å². The molecule has 5 heteroatoms. The average molecular weight is 295 g/mol. The first kappa shape index (κ1) is 15.0. The molecule has 0 aliphatic carbocycles. The lowest BCUT2D eigenvalue weighted by molar-refractivity contribution is -0.114. The van der Waals surface area contributed by atoms with Gasteiger partial charge in [-0.05, 0) is 51.1 Å². The highest BCUT2D eigenvalue weighted by molar-refractivity contribution is 6.34. The third kappa shape index (κ3) is 3.38. The molecule has 0 bridgehead atoms. The number of rotatable bonds is 4. The predicted octanol–water partition coefficient (Wildman–Crippen LogP) is 2.97. The Balaban J connectivity index is 2.14. The highest BCUT2D eigenvalue weighted by atomic mass is 35.5. The summed E-state index contributed by atoms with van der Waals surface area (Å²) in [6.45, 7) is 5.31. The molecule has 1 aliphatic heterocycles. The Hall–Kier alpha value is -1.39. The standard InChI is InChI=1S/C15H19ClN2O2/c1-10(18-7-3-4-8-18)15(20)12-5-6-14(13(16)9-12)17-11(2)19/h5-6,9-10H,3-4,7-8H2,1-2H3,(H,17,19). The average Bonchev–Trinajstić information content (AvgIpc) is 2.93. The van der Waals surface area contributed by atoms with Crippen molar-refractivity contribution in [2.24, 2.45) is 0 Å². The topological polar surface area (TPSA) is 49.4 Å². The Morgan fingerprint density at radius 2 is 1.95 bits per heavy atom. The van der Waals surface area contributed by atoms with Crippen molar-refractivity contribution in [2.75, 3.05) is 18.4 Å². The van der Waals surface area contributed by atoms with Crippen LogP contribution in [0, 0.1) is 0 Å². The molecule has 0 saturated carbocycles. The number of nitrogens with one attached hydrogen (secondary N) is 1. The molecule has 1 fully saturated rings. The van der Waals surface area contributed by atoms with Gasteiger partial charge in [0.05, 0.1) is 16.8 Å². The van der Waals surface area contributed by atoms with Crippen LogP contribution in [0.15, 0.2) is 18.2 Å². The molecule has 108 valence electrons. The normalized spacial score (nSPS) is 16.9. The van der Waals surface area contributed by atoms with Crippen molar-refractivity contribution in [3.8, 4) is 0 Å². The number of carbonyl (C=O) groups is 2. The number of nitrogens with zero attached hydrogens (tertiary/aromatic N) is 1. The number of Topliss-reactive ketones (excluding diaryl/α,β-unsaturated/α-hetero) is 1. The van der Waals surface area contributed by atoms with Crippen LogP contribution in [0.5, 0.6) is 0 Å². The van der Waals surface area contributed by atoms with Crippen LogP contribution < -0.4 is 5.32 Å². The van der Waals surface area contributed by atoms with Gasteiger partial charge in [-0.2, -0.15) is 0 Å². The Morgan fingerprint density at radius 1 is 1.30 bits per heavy atom. The molecular formula is C15H19ClN2O2. The summed E-state index contributed by atoms with van der Waals surface area (Å²) in [7, 11) is 0. The van der Waals surface area contributed by atoms with Gasteiger partial charge in [0.1, 0.15) is 0 Å². The minimum Gasteiger partial charge on any atom is -0.325 e. The summed E-state index contributed by atoms with van der Waals surface area (Å²) < 4.78 is 0. The summed E-state index contributed by atoms with van der Waals surface area (Å²) in [6, 6.07) is 4.89. The van der Waals surface area contributed by atoms with Crippen molar-refractivity contribution >= 4 is 29.0 Å². The van der Waals surface area contributed by atoms with E-state index in [4.69, 9.17) is 11.6 Å². The molecule has 1 amide bonds. The predicted molar refractivity (Wildman–Crippen MR) is 80.4 cm³/mol. The van der Waals surface area contributed by atoms with Crippen LogP contribution >= 0.6 is 11.6 Å². The fraction of sp³-hybridized carbons (Fsp3) is 0.467. The smallest absolute Gasteiger partial charge is 0.221 e. The summed E-state index contributed by atoms with van der Waals surface area (Å²) in [5.74, 6) is -0.111. The highest BCUT2D eigenvalue weighted by Gasteiger charge is 2.25. The van der Waals surface area contributed by atoms with E-state index in [9.17, 15) is 9.59 Å². The zero-order valence-corrected chi connectivity index (χ0v) is 12.5. The van der Waals surface area contributed by atoms with E-state index in [1.807, 2.05) is 6.92 Å². The van der Waals surface area contributed by atoms with Crippen LogP contribution in [0.3, 0.4) is 0 Å². The molecule has 1 unspecified atom stereocenters. The second-order valence-electron chi connectivity index (χ2n) is 5.16. The summed E-state index contributed by atoms with van der Waals surface area (Å²) in [6.07, 6.45) is 2.31. The van der Waals surface area contributed by atoms with E-state index >= 15 is 0 Å². The lowest BCUT2D eigenvalue weighted by Gasteiger charge is -2.22. The van der Waals surface area contributed by atoms with Crippen LogP contribution in [0.1, 0.15) is 37.0 Å². The van der Waals surface area contributed by atoms with Gasteiger partial charge in [-0.3, -0.25) is 14.5 Å². The van der Waals surface area contributed by atoms with Crippen LogP contribution in [0.2, 0.25) is 5.02 Å². The maximum Gasteiger partial charge on any atom is 0.221 e. The lowest BCUT2D eigenvalue weighted by atomic mass is 10.0. The number of carbonyl (C=O) groups excluding carboxylic acids is 2. The fourth-order valence-corrected chi connectivity index (χ4v) is 2.72. The van der Waals surface area contributed by atoms with Gasteiger partial charge in [0, 0.05) is 12.5 Å². The molecule has 1 heterocycles. The summed E-state index contributed by atoms with van der Waals surface area (Å²) in [5.41, 5.74) is 1.12.